The van der Waals surface area contributed by atoms with Gasteiger partial charge in [-0.05, 0) is 37.0 Å². The van der Waals surface area contributed by atoms with Crippen LogP contribution in [0, 0.1) is 6.92 Å². The number of hydrogen-bond donors (Lipinski definition) is 1. The molecule has 0 radical (unpaired) electrons. The SMILES string of the molecule is Cc1cccc(CC(N)Cc2ccncc2Cl)c1. The van der Waals surface area contributed by atoms with Gasteiger partial charge in [-0.15, -0.1) is 0 Å². The summed E-state index contributed by atoms with van der Waals surface area (Å²) in [5, 5.41) is 0.692. The molecule has 0 bridgehead atoms. The van der Waals surface area contributed by atoms with Crippen molar-refractivity contribution < 1.29 is 0 Å². The Balaban J connectivity index is 2.01. The standard InChI is InChI=1S/C15H17ClN2/c1-11-3-2-4-12(7-11)8-14(17)9-13-5-6-18-10-15(13)16/h2-7,10,14H,8-9,17H2,1H3. The van der Waals surface area contributed by atoms with Gasteiger partial charge in [0.2, 0.25) is 0 Å². The molecule has 94 valence electrons. The van der Waals surface area contributed by atoms with E-state index in [1.807, 2.05) is 6.07 Å². The molecule has 2 nitrogen and oxygen atoms in total. The van der Waals surface area contributed by atoms with Gasteiger partial charge in [0, 0.05) is 18.4 Å². The summed E-state index contributed by atoms with van der Waals surface area (Å²) >= 11 is 6.08. The number of hydrogen-bond acceptors (Lipinski definition) is 2. The molecule has 0 aliphatic carbocycles. The van der Waals surface area contributed by atoms with Gasteiger partial charge in [0.1, 0.15) is 0 Å². The molecule has 0 saturated carbocycles. The van der Waals surface area contributed by atoms with Gasteiger partial charge in [0.25, 0.3) is 0 Å². The van der Waals surface area contributed by atoms with Gasteiger partial charge in [-0.2, -0.15) is 0 Å². The molecule has 0 saturated heterocycles. The molecular formula is C15H17ClN2. The van der Waals surface area contributed by atoms with Crippen molar-refractivity contribution in [3.8, 4) is 0 Å². The molecule has 1 heterocycles. The zero-order valence-corrected chi connectivity index (χ0v) is 11.2. The molecule has 0 aliphatic heterocycles. The van der Waals surface area contributed by atoms with Gasteiger partial charge >= 0.3 is 0 Å². The van der Waals surface area contributed by atoms with Crippen molar-refractivity contribution >= 4 is 11.6 Å². The van der Waals surface area contributed by atoms with Gasteiger partial charge in [-0.25, -0.2) is 0 Å². The van der Waals surface area contributed by atoms with E-state index in [9.17, 15) is 0 Å². The number of benzene rings is 1. The second-order valence-electron chi connectivity index (χ2n) is 4.62. The van der Waals surface area contributed by atoms with E-state index in [-0.39, 0.29) is 6.04 Å². The number of nitrogens with two attached hydrogens (primary N) is 1. The fourth-order valence-electron chi connectivity index (χ4n) is 2.07. The summed E-state index contributed by atoms with van der Waals surface area (Å²) in [7, 11) is 0. The predicted octanol–water partition coefficient (Wildman–Crippen LogP) is 3.16. The molecule has 2 rings (SSSR count). The summed E-state index contributed by atoms with van der Waals surface area (Å²) in [6.45, 7) is 2.09. The van der Waals surface area contributed by atoms with E-state index in [1.54, 1.807) is 12.4 Å². The minimum absolute atomic E-state index is 0.0756. The Morgan fingerprint density at radius 1 is 1.28 bits per heavy atom. The monoisotopic (exact) mass is 260 g/mol. The molecule has 2 aromatic rings. The highest BCUT2D eigenvalue weighted by molar-refractivity contribution is 6.31. The van der Waals surface area contributed by atoms with Crippen LogP contribution in [0.1, 0.15) is 16.7 Å². The summed E-state index contributed by atoms with van der Waals surface area (Å²) in [5.74, 6) is 0. The Kier molecular flexibility index (Phi) is 4.34. The van der Waals surface area contributed by atoms with Crippen LogP contribution in [0.15, 0.2) is 42.7 Å². The lowest BCUT2D eigenvalue weighted by Crippen LogP contribution is -2.25. The average Bonchev–Trinajstić information content (AvgIpc) is 2.32. The van der Waals surface area contributed by atoms with E-state index >= 15 is 0 Å². The summed E-state index contributed by atoms with van der Waals surface area (Å²) in [4.78, 5) is 3.98. The second kappa shape index (κ2) is 5.98. The van der Waals surface area contributed by atoms with E-state index in [0.29, 0.717) is 5.02 Å². The van der Waals surface area contributed by atoms with Crippen molar-refractivity contribution in [1.29, 1.82) is 0 Å². The first kappa shape index (κ1) is 13.1. The molecule has 0 amide bonds. The Morgan fingerprint density at radius 3 is 2.83 bits per heavy atom. The molecule has 1 atom stereocenters. The summed E-state index contributed by atoms with van der Waals surface area (Å²) in [6, 6.07) is 10.4. The molecule has 18 heavy (non-hydrogen) atoms. The van der Waals surface area contributed by atoms with Crippen LogP contribution in [0.25, 0.3) is 0 Å². The summed E-state index contributed by atoms with van der Waals surface area (Å²) in [6.07, 6.45) is 5.05. The third-order valence-corrected chi connectivity index (χ3v) is 3.26. The second-order valence-corrected chi connectivity index (χ2v) is 5.03. The van der Waals surface area contributed by atoms with E-state index in [1.165, 1.54) is 11.1 Å². The van der Waals surface area contributed by atoms with Crippen molar-refractivity contribution in [1.82, 2.24) is 4.98 Å². The lowest BCUT2D eigenvalue weighted by molar-refractivity contribution is 0.664. The van der Waals surface area contributed by atoms with Gasteiger partial charge in [-0.1, -0.05) is 41.4 Å². The third-order valence-electron chi connectivity index (χ3n) is 2.92. The first-order chi connectivity index (χ1) is 8.65. The van der Waals surface area contributed by atoms with E-state index in [0.717, 1.165) is 18.4 Å². The van der Waals surface area contributed by atoms with Crippen LogP contribution < -0.4 is 5.73 Å². The molecule has 0 fully saturated rings. The molecule has 1 unspecified atom stereocenters. The molecule has 0 aliphatic rings. The van der Waals surface area contributed by atoms with Crippen LogP contribution in [-0.4, -0.2) is 11.0 Å². The Bertz CT molecular complexity index is 525. The predicted molar refractivity (Wildman–Crippen MR) is 75.8 cm³/mol. The lowest BCUT2D eigenvalue weighted by Gasteiger charge is -2.13. The number of pyridine rings is 1. The van der Waals surface area contributed by atoms with E-state index in [4.69, 9.17) is 17.3 Å². The number of aromatic nitrogens is 1. The molecule has 0 spiro atoms. The minimum Gasteiger partial charge on any atom is -0.327 e. The Labute approximate surface area is 113 Å². The molecule has 2 N–H and O–H groups in total. The Morgan fingerprint density at radius 2 is 2.11 bits per heavy atom. The third kappa shape index (κ3) is 3.56. The van der Waals surface area contributed by atoms with Gasteiger partial charge in [0.05, 0.1) is 5.02 Å². The number of nitrogens with zero attached hydrogens (tertiary/aromatic N) is 1. The van der Waals surface area contributed by atoms with Crippen molar-refractivity contribution in [2.45, 2.75) is 25.8 Å². The summed E-state index contributed by atoms with van der Waals surface area (Å²) < 4.78 is 0. The van der Waals surface area contributed by atoms with Crippen molar-refractivity contribution in [2.75, 3.05) is 0 Å². The first-order valence-electron chi connectivity index (χ1n) is 6.04. The summed E-state index contributed by atoms with van der Waals surface area (Å²) in [5.41, 5.74) is 9.78. The van der Waals surface area contributed by atoms with Crippen molar-refractivity contribution in [2.24, 2.45) is 5.73 Å². The van der Waals surface area contributed by atoms with Crippen LogP contribution in [-0.2, 0) is 12.8 Å². The maximum atomic E-state index is 6.18. The average molecular weight is 261 g/mol. The highest BCUT2D eigenvalue weighted by Gasteiger charge is 2.08. The fourth-order valence-corrected chi connectivity index (χ4v) is 2.26. The van der Waals surface area contributed by atoms with Gasteiger partial charge < -0.3 is 5.73 Å². The zero-order chi connectivity index (χ0) is 13.0. The molecule has 1 aromatic heterocycles. The van der Waals surface area contributed by atoms with Crippen LogP contribution in [0.2, 0.25) is 5.02 Å². The molecule has 1 aromatic carbocycles. The molecule has 3 heteroatoms. The highest BCUT2D eigenvalue weighted by atomic mass is 35.5. The maximum absolute atomic E-state index is 6.18. The molecular weight excluding hydrogens is 244 g/mol. The number of halogens is 1. The minimum atomic E-state index is 0.0756. The van der Waals surface area contributed by atoms with Gasteiger partial charge in [0.15, 0.2) is 0 Å². The van der Waals surface area contributed by atoms with E-state index < -0.39 is 0 Å². The largest absolute Gasteiger partial charge is 0.327 e. The zero-order valence-electron chi connectivity index (χ0n) is 10.4. The van der Waals surface area contributed by atoms with E-state index in [2.05, 4.69) is 36.2 Å². The normalized spacial score (nSPS) is 12.4. The highest BCUT2D eigenvalue weighted by Crippen LogP contribution is 2.16. The van der Waals surface area contributed by atoms with Crippen molar-refractivity contribution in [3.63, 3.8) is 0 Å². The topological polar surface area (TPSA) is 38.9 Å². The lowest BCUT2D eigenvalue weighted by atomic mass is 9.99. The maximum Gasteiger partial charge on any atom is 0.0621 e. The van der Waals surface area contributed by atoms with Crippen LogP contribution in [0.5, 0.6) is 0 Å². The van der Waals surface area contributed by atoms with Gasteiger partial charge in [-0.3, -0.25) is 4.98 Å². The quantitative estimate of drug-likeness (QED) is 0.917. The Hall–Kier alpha value is -1.38. The smallest absolute Gasteiger partial charge is 0.0621 e. The van der Waals surface area contributed by atoms with Crippen LogP contribution in [0.4, 0.5) is 0 Å². The number of aryl methyl sites for hydroxylation is 1. The number of rotatable bonds is 4. The van der Waals surface area contributed by atoms with Crippen LogP contribution in [0.3, 0.4) is 0 Å². The fraction of sp³-hybridized carbons (Fsp3) is 0.267. The van der Waals surface area contributed by atoms with Crippen LogP contribution >= 0.6 is 11.6 Å². The first-order valence-corrected chi connectivity index (χ1v) is 6.42. The van der Waals surface area contributed by atoms with Crippen molar-refractivity contribution in [3.05, 3.63) is 64.4 Å².